The number of allylic oxidation sites excluding steroid dienone is 2. The molecule has 0 bridgehead atoms. The highest BCUT2D eigenvalue weighted by Crippen LogP contribution is 2.44. The number of rotatable bonds is 7. The van der Waals surface area contributed by atoms with Gasteiger partial charge in [-0.1, -0.05) is 6.08 Å². The van der Waals surface area contributed by atoms with E-state index < -0.39 is 0 Å². The first-order valence-corrected chi connectivity index (χ1v) is 11.2. The van der Waals surface area contributed by atoms with E-state index in [1.54, 1.807) is 7.11 Å². The quantitative estimate of drug-likeness (QED) is 0.512. The van der Waals surface area contributed by atoms with Crippen molar-refractivity contribution in [2.75, 3.05) is 38.7 Å². The Morgan fingerprint density at radius 1 is 1.28 bits per heavy atom. The smallest absolute Gasteiger partial charge is 0.226 e. The molecule has 1 aromatic heterocycles. The van der Waals surface area contributed by atoms with Gasteiger partial charge in [-0.05, 0) is 56.2 Å². The van der Waals surface area contributed by atoms with Crippen molar-refractivity contribution in [3.63, 3.8) is 0 Å². The normalized spacial score (nSPS) is 17.1. The van der Waals surface area contributed by atoms with Gasteiger partial charge in [0.05, 0.1) is 24.0 Å². The Labute approximate surface area is 189 Å². The number of aromatic nitrogens is 1. The van der Waals surface area contributed by atoms with Gasteiger partial charge >= 0.3 is 0 Å². The van der Waals surface area contributed by atoms with Gasteiger partial charge in [-0.2, -0.15) is 0 Å². The summed E-state index contributed by atoms with van der Waals surface area (Å²) < 4.78 is 13.2. The molecule has 2 aromatic rings. The molecule has 0 unspecified atom stereocenters. The Balaban J connectivity index is 1.42. The van der Waals surface area contributed by atoms with Crippen LogP contribution in [0, 0.1) is 0 Å². The molecular weight excluding hydrogens is 404 g/mol. The number of hydrogen-bond acceptors (Lipinski definition) is 5. The minimum absolute atomic E-state index is 0.138. The fourth-order valence-corrected chi connectivity index (χ4v) is 4.58. The SMILES string of the molecule is C/C=C(\C=C/CC(=O)N1CCC2(CC1)Nc1cc(OC)ccc1-n1cccc12)OCCN. The van der Waals surface area contributed by atoms with Crippen LogP contribution in [0.2, 0.25) is 0 Å². The van der Waals surface area contributed by atoms with Crippen molar-refractivity contribution in [2.24, 2.45) is 5.73 Å². The summed E-state index contributed by atoms with van der Waals surface area (Å²) in [4.78, 5) is 14.7. The lowest BCUT2D eigenvalue weighted by Crippen LogP contribution is -2.51. The van der Waals surface area contributed by atoms with Gasteiger partial charge in [0, 0.05) is 44.0 Å². The molecule has 1 amide bonds. The lowest BCUT2D eigenvalue weighted by atomic mass is 9.82. The average Bonchev–Trinajstić information content (AvgIpc) is 3.32. The van der Waals surface area contributed by atoms with Crippen LogP contribution in [-0.2, 0) is 15.1 Å². The molecule has 1 fully saturated rings. The van der Waals surface area contributed by atoms with Crippen molar-refractivity contribution in [1.82, 2.24) is 9.47 Å². The number of carbonyl (C=O) groups is 1. The molecule has 4 rings (SSSR count). The Hall–Kier alpha value is -3.19. The maximum atomic E-state index is 12.8. The van der Waals surface area contributed by atoms with Crippen LogP contribution < -0.4 is 15.8 Å². The van der Waals surface area contributed by atoms with Crippen molar-refractivity contribution in [1.29, 1.82) is 0 Å². The van der Waals surface area contributed by atoms with Crippen molar-refractivity contribution >= 4 is 11.6 Å². The van der Waals surface area contributed by atoms with Gasteiger partial charge in [-0.15, -0.1) is 0 Å². The van der Waals surface area contributed by atoms with E-state index in [2.05, 4.69) is 34.3 Å². The molecule has 0 radical (unpaired) electrons. The van der Waals surface area contributed by atoms with Crippen molar-refractivity contribution in [2.45, 2.75) is 31.7 Å². The summed E-state index contributed by atoms with van der Waals surface area (Å²) in [7, 11) is 1.68. The third kappa shape index (κ3) is 4.25. The fraction of sp³-hybridized carbons (Fsp3) is 0.400. The zero-order chi connectivity index (χ0) is 22.6. The second-order valence-electron chi connectivity index (χ2n) is 8.17. The maximum absolute atomic E-state index is 12.8. The number of nitrogens with two attached hydrogens (primary N) is 1. The highest BCUT2D eigenvalue weighted by atomic mass is 16.5. The maximum Gasteiger partial charge on any atom is 0.226 e. The van der Waals surface area contributed by atoms with E-state index in [9.17, 15) is 4.79 Å². The van der Waals surface area contributed by atoms with Crippen LogP contribution in [0.15, 0.2) is 60.5 Å². The van der Waals surface area contributed by atoms with Gasteiger partial charge in [0.2, 0.25) is 5.91 Å². The van der Waals surface area contributed by atoms with Crippen LogP contribution in [0.5, 0.6) is 5.75 Å². The zero-order valence-corrected chi connectivity index (χ0v) is 18.8. The van der Waals surface area contributed by atoms with Crippen LogP contribution in [0.25, 0.3) is 5.69 Å². The predicted octanol–water partition coefficient (Wildman–Crippen LogP) is 3.55. The topological polar surface area (TPSA) is 81.8 Å². The van der Waals surface area contributed by atoms with Gasteiger partial charge in [0.15, 0.2) is 0 Å². The van der Waals surface area contributed by atoms with Crippen molar-refractivity contribution < 1.29 is 14.3 Å². The summed E-state index contributed by atoms with van der Waals surface area (Å²) in [6, 6.07) is 10.4. The molecule has 0 atom stereocenters. The van der Waals surface area contributed by atoms with Gasteiger partial charge in [0.25, 0.3) is 0 Å². The van der Waals surface area contributed by atoms with Crippen LogP contribution in [0.4, 0.5) is 5.69 Å². The van der Waals surface area contributed by atoms with Crippen LogP contribution >= 0.6 is 0 Å². The number of nitrogens with zero attached hydrogens (tertiary/aromatic N) is 2. The number of fused-ring (bicyclic) bond motifs is 4. The number of piperidine rings is 1. The number of ether oxygens (including phenoxy) is 2. The average molecular weight is 437 g/mol. The van der Waals surface area contributed by atoms with Gasteiger partial charge in [-0.3, -0.25) is 4.79 Å². The summed E-state index contributed by atoms with van der Waals surface area (Å²) in [6.45, 7) is 4.27. The molecule has 3 N–H and O–H groups in total. The first-order valence-electron chi connectivity index (χ1n) is 11.2. The lowest BCUT2D eigenvalue weighted by molar-refractivity contribution is -0.131. The number of methoxy groups -OCH3 is 1. The highest BCUT2D eigenvalue weighted by molar-refractivity contribution is 5.78. The summed E-state index contributed by atoms with van der Waals surface area (Å²) >= 11 is 0. The third-order valence-electron chi connectivity index (χ3n) is 6.29. The lowest BCUT2D eigenvalue weighted by Gasteiger charge is -2.46. The summed E-state index contributed by atoms with van der Waals surface area (Å²) in [5.74, 6) is 1.71. The second-order valence-corrected chi connectivity index (χ2v) is 8.17. The molecule has 0 aliphatic carbocycles. The van der Waals surface area contributed by atoms with E-state index in [1.165, 1.54) is 5.69 Å². The largest absolute Gasteiger partial charge is 0.497 e. The number of amides is 1. The molecule has 1 spiro atoms. The molecule has 0 saturated carbocycles. The molecule has 7 heteroatoms. The minimum Gasteiger partial charge on any atom is -0.497 e. The monoisotopic (exact) mass is 436 g/mol. The number of benzene rings is 1. The number of anilines is 1. The number of nitrogens with one attached hydrogen (secondary N) is 1. The van der Waals surface area contributed by atoms with E-state index in [0.29, 0.717) is 32.7 Å². The third-order valence-corrected chi connectivity index (χ3v) is 6.29. The first kappa shape index (κ1) is 22.0. The highest BCUT2D eigenvalue weighted by Gasteiger charge is 2.42. The first-order chi connectivity index (χ1) is 15.6. The molecule has 2 aliphatic heterocycles. The Bertz CT molecular complexity index is 1020. The van der Waals surface area contributed by atoms with Crippen molar-refractivity contribution in [3.8, 4) is 11.4 Å². The molecule has 1 saturated heterocycles. The number of hydrogen-bond donors (Lipinski definition) is 2. The van der Waals surface area contributed by atoms with Gasteiger partial charge in [0.1, 0.15) is 18.1 Å². The second kappa shape index (κ2) is 9.53. The molecular formula is C25H32N4O3. The Morgan fingerprint density at radius 2 is 2.09 bits per heavy atom. The molecule has 2 aliphatic rings. The van der Waals surface area contributed by atoms with Crippen LogP contribution in [0.1, 0.15) is 31.9 Å². The number of likely N-dealkylation sites (tertiary alicyclic amines) is 1. The van der Waals surface area contributed by atoms with Crippen LogP contribution in [0.3, 0.4) is 0 Å². The zero-order valence-electron chi connectivity index (χ0n) is 18.8. The van der Waals surface area contributed by atoms with E-state index in [1.807, 2.05) is 42.2 Å². The molecule has 32 heavy (non-hydrogen) atoms. The van der Waals surface area contributed by atoms with E-state index in [-0.39, 0.29) is 11.4 Å². The molecule has 3 heterocycles. The number of carbonyl (C=O) groups excluding carboxylic acids is 1. The van der Waals surface area contributed by atoms with Crippen LogP contribution in [-0.4, -0.2) is 48.7 Å². The van der Waals surface area contributed by atoms with E-state index in [4.69, 9.17) is 15.2 Å². The van der Waals surface area contributed by atoms with Gasteiger partial charge in [-0.25, -0.2) is 0 Å². The Kier molecular flexibility index (Phi) is 6.55. The minimum atomic E-state index is -0.191. The summed E-state index contributed by atoms with van der Waals surface area (Å²) in [6.07, 6.45) is 9.75. The molecule has 7 nitrogen and oxygen atoms in total. The van der Waals surface area contributed by atoms with Gasteiger partial charge < -0.3 is 30.0 Å². The Morgan fingerprint density at radius 3 is 2.81 bits per heavy atom. The molecule has 170 valence electrons. The summed E-state index contributed by atoms with van der Waals surface area (Å²) in [5, 5.41) is 3.79. The van der Waals surface area contributed by atoms with Crippen molar-refractivity contribution in [3.05, 3.63) is 66.2 Å². The fourth-order valence-electron chi connectivity index (χ4n) is 4.58. The van der Waals surface area contributed by atoms with E-state index in [0.717, 1.165) is 35.7 Å². The molecule has 1 aromatic carbocycles. The van der Waals surface area contributed by atoms with E-state index >= 15 is 0 Å². The standard InChI is InChI=1S/C25H32N4O3/c1-3-19(32-17-13-26)6-4-8-24(30)28-15-11-25(12-16-28)23-7-5-14-29(23)22-10-9-20(31-2)18-21(22)27-25/h3-7,9-10,14,18,27H,8,11-13,15-17,26H2,1-2H3/b6-4-,19-3+. The summed E-state index contributed by atoms with van der Waals surface area (Å²) in [5.41, 5.74) is 8.72. The predicted molar refractivity (Wildman–Crippen MR) is 126 cm³/mol.